The Hall–Kier alpha value is -1.89. The zero-order valence-corrected chi connectivity index (χ0v) is 6.44. The first-order chi connectivity index (χ1) is 5.66. The van der Waals surface area contributed by atoms with Crippen LogP contribution in [0.2, 0.25) is 0 Å². The molecule has 0 N–H and O–H groups in total. The van der Waals surface area contributed by atoms with Gasteiger partial charge in [0.25, 0.3) is 0 Å². The summed E-state index contributed by atoms with van der Waals surface area (Å²) in [6.45, 7) is 1.63. The summed E-state index contributed by atoms with van der Waals surface area (Å²) in [6, 6.07) is 1.55. The van der Waals surface area contributed by atoms with Crippen LogP contribution in [0.1, 0.15) is 11.3 Å². The molecule has 1 heterocycles. The van der Waals surface area contributed by atoms with E-state index in [0.29, 0.717) is 5.56 Å². The van der Waals surface area contributed by atoms with Crippen molar-refractivity contribution in [1.82, 2.24) is 4.98 Å². The number of nitrogens with zero attached hydrogens (tertiary/aromatic N) is 2. The Morgan fingerprint density at radius 2 is 2.42 bits per heavy atom. The van der Waals surface area contributed by atoms with Crippen molar-refractivity contribution in [3.8, 4) is 12.3 Å². The summed E-state index contributed by atoms with van der Waals surface area (Å²) in [7, 11) is 0. The zero-order chi connectivity index (χ0) is 9.14. The molecule has 0 radical (unpaired) electrons. The smallest absolute Gasteiger partial charge is 0.258 e. The molecule has 0 aromatic carbocycles. The molecular formula is C8H6N2O2. The molecule has 0 aliphatic rings. The van der Waals surface area contributed by atoms with E-state index in [2.05, 4.69) is 10.9 Å². The summed E-state index contributed by atoms with van der Waals surface area (Å²) in [6.07, 6.45) is 6.50. The number of aryl methyl sites for hydroxylation is 1. The first kappa shape index (κ1) is 8.21. The normalized spacial score (nSPS) is 9.00. The molecule has 1 rings (SSSR count). The molecule has 4 heteroatoms. The molecule has 0 saturated heterocycles. The average molecular weight is 162 g/mol. The third kappa shape index (κ3) is 1.25. The van der Waals surface area contributed by atoms with Gasteiger partial charge in [-0.3, -0.25) is 10.1 Å². The highest BCUT2D eigenvalue weighted by Gasteiger charge is 2.15. The second-order valence-electron chi connectivity index (χ2n) is 2.23. The number of hydrogen-bond acceptors (Lipinski definition) is 3. The maximum absolute atomic E-state index is 10.5. The van der Waals surface area contributed by atoms with E-state index in [1.807, 2.05) is 0 Å². The van der Waals surface area contributed by atoms with Crippen LogP contribution < -0.4 is 0 Å². The van der Waals surface area contributed by atoms with Crippen molar-refractivity contribution in [2.45, 2.75) is 6.92 Å². The number of hydrogen-bond donors (Lipinski definition) is 0. The van der Waals surface area contributed by atoms with Crippen LogP contribution in [0.4, 0.5) is 5.69 Å². The van der Waals surface area contributed by atoms with E-state index in [-0.39, 0.29) is 11.4 Å². The van der Waals surface area contributed by atoms with Crippen molar-refractivity contribution in [2.24, 2.45) is 0 Å². The minimum atomic E-state index is -0.516. The minimum absolute atomic E-state index is 0.0833. The molecule has 0 aliphatic carbocycles. The highest BCUT2D eigenvalue weighted by Crippen LogP contribution is 2.19. The molecule has 1 aromatic heterocycles. The summed E-state index contributed by atoms with van der Waals surface area (Å²) < 4.78 is 0. The van der Waals surface area contributed by atoms with Crippen LogP contribution in [-0.2, 0) is 0 Å². The van der Waals surface area contributed by atoms with Gasteiger partial charge in [-0.2, -0.15) is 0 Å². The fourth-order valence-corrected chi connectivity index (χ4v) is 0.887. The second kappa shape index (κ2) is 3.01. The topological polar surface area (TPSA) is 56.0 Å². The molecule has 4 nitrogen and oxygen atoms in total. The van der Waals surface area contributed by atoms with E-state index in [1.165, 1.54) is 6.20 Å². The van der Waals surface area contributed by atoms with Gasteiger partial charge >= 0.3 is 5.69 Å². The largest absolute Gasteiger partial charge is 0.306 e. The molecule has 0 aliphatic heterocycles. The second-order valence-corrected chi connectivity index (χ2v) is 2.23. The summed E-state index contributed by atoms with van der Waals surface area (Å²) >= 11 is 0. The fourth-order valence-electron chi connectivity index (χ4n) is 0.887. The third-order valence-electron chi connectivity index (χ3n) is 1.45. The highest BCUT2D eigenvalue weighted by molar-refractivity contribution is 5.50. The van der Waals surface area contributed by atoms with Crippen molar-refractivity contribution >= 4 is 5.69 Å². The van der Waals surface area contributed by atoms with Crippen molar-refractivity contribution in [2.75, 3.05) is 0 Å². The van der Waals surface area contributed by atoms with Crippen LogP contribution >= 0.6 is 0 Å². The molecule has 60 valence electrons. The minimum Gasteiger partial charge on any atom is -0.258 e. The lowest BCUT2D eigenvalue weighted by Gasteiger charge is -1.96. The van der Waals surface area contributed by atoms with Crippen LogP contribution in [0.25, 0.3) is 0 Å². The Morgan fingerprint density at radius 3 is 2.83 bits per heavy atom. The first-order valence-corrected chi connectivity index (χ1v) is 3.23. The van der Waals surface area contributed by atoms with Crippen LogP contribution in [0.5, 0.6) is 0 Å². The van der Waals surface area contributed by atoms with E-state index in [0.717, 1.165) is 0 Å². The molecule has 0 atom stereocenters. The van der Waals surface area contributed by atoms with Crippen LogP contribution in [0.3, 0.4) is 0 Å². The van der Waals surface area contributed by atoms with Gasteiger partial charge in [-0.1, -0.05) is 0 Å². The third-order valence-corrected chi connectivity index (χ3v) is 1.45. The maximum atomic E-state index is 10.5. The molecule has 0 spiro atoms. The maximum Gasteiger partial charge on any atom is 0.306 e. The van der Waals surface area contributed by atoms with Crippen LogP contribution in [-0.4, -0.2) is 9.91 Å². The molecule has 12 heavy (non-hydrogen) atoms. The van der Waals surface area contributed by atoms with E-state index in [4.69, 9.17) is 6.42 Å². The van der Waals surface area contributed by atoms with Gasteiger partial charge in [0.05, 0.1) is 4.92 Å². The SMILES string of the molecule is C#Cc1nccc(C)c1[N+](=O)[O-]. The van der Waals surface area contributed by atoms with E-state index >= 15 is 0 Å². The van der Waals surface area contributed by atoms with Crippen LogP contribution in [0, 0.1) is 29.4 Å². The Morgan fingerprint density at radius 1 is 1.75 bits per heavy atom. The lowest BCUT2D eigenvalue weighted by atomic mass is 10.2. The number of pyridine rings is 1. The number of nitro groups is 1. The molecule has 0 amide bonds. The molecule has 0 fully saturated rings. The Kier molecular flexibility index (Phi) is 2.06. The number of rotatable bonds is 1. The monoisotopic (exact) mass is 162 g/mol. The van der Waals surface area contributed by atoms with Gasteiger partial charge in [0, 0.05) is 11.8 Å². The lowest BCUT2D eigenvalue weighted by molar-refractivity contribution is -0.386. The van der Waals surface area contributed by atoms with Gasteiger partial charge in [-0.25, -0.2) is 4.98 Å². The number of aromatic nitrogens is 1. The van der Waals surface area contributed by atoms with Gasteiger partial charge in [-0.05, 0) is 18.9 Å². The van der Waals surface area contributed by atoms with Crippen molar-refractivity contribution < 1.29 is 4.92 Å². The van der Waals surface area contributed by atoms with E-state index < -0.39 is 4.92 Å². The Bertz CT molecular complexity index is 366. The summed E-state index contributed by atoms with van der Waals surface area (Å²) in [4.78, 5) is 13.7. The number of terminal acetylenes is 1. The first-order valence-electron chi connectivity index (χ1n) is 3.23. The molecule has 0 bridgehead atoms. The average Bonchev–Trinajstić information content (AvgIpc) is 2.03. The molecule has 0 saturated carbocycles. The fraction of sp³-hybridized carbons (Fsp3) is 0.125. The summed E-state index contributed by atoms with van der Waals surface area (Å²) in [5.41, 5.74) is 0.531. The Balaban J connectivity index is 3.42. The lowest BCUT2D eigenvalue weighted by Crippen LogP contribution is -1.97. The predicted octanol–water partition coefficient (Wildman–Crippen LogP) is 1.28. The van der Waals surface area contributed by atoms with Gasteiger partial charge in [0.15, 0.2) is 5.69 Å². The summed E-state index contributed by atoms with van der Waals surface area (Å²) in [5, 5.41) is 10.5. The van der Waals surface area contributed by atoms with Gasteiger partial charge in [0.2, 0.25) is 0 Å². The summed E-state index contributed by atoms with van der Waals surface area (Å²) in [5.74, 6) is 2.16. The van der Waals surface area contributed by atoms with E-state index in [9.17, 15) is 10.1 Å². The van der Waals surface area contributed by atoms with E-state index in [1.54, 1.807) is 13.0 Å². The van der Waals surface area contributed by atoms with Crippen molar-refractivity contribution in [1.29, 1.82) is 0 Å². The Labute approximate surface area is 69.4 Å². The molecule has 1 aromatic rings. The molecular weight excluding hydrogens is 156 g/mol. The van der Waals surface area contributed by atoms with Gasteiger partial charge in [0.1, 0.15) is 0 Å². The van der Waals surface area contributed by atoms with Gasteiger partial charge < -0.3 is 0 Å². The van der Waals surface area contributed by atoms with Gasteiger partial charge in [-0.15, -0.1) is 6.42 Å². The quantitative estimate of drug-likeness (QED) is 0.355. The van der Waals surface area contributed by atoms with Crippen LogP contribution in [0.15, 0.2) is 12.3 Å². The van der Waals surface area contributed by atoms with Crippen molar-refractivity contribution in [3.05, 3.63) is 33.6 Å². The standard InChI is InChI=1S/C8H6N2O2/c1-3-7-8(10(11)12)6(2)4-5-9-7/h1,4-5H,2H3. The van der Waals surface area contributed by atoms with Crippen molar-refractivity contribution in [3.63, 3.8) is 0 Å². The highest BCUT2D eigenvalue weighted by atomic mass is 16.6. The predicted molar refractivity (Wildman–Crippen MR) is 43.6 cm³/mol. The zero-order valence-electron chi connectivity index (χ0n) is 6.44. The molecule has 0 unspecified atom stereocenters.